The lowest BCUT2D eigenvalue weighted by Crippen LogP contribution is -2.22. The fourth-order valence-corrected chi connectivity index (χ4v) is 2.13. The summed E-state index contributed by atoms with van der Waals surface area (Å²) in [5.74, 6) is 0. The molecule has 0 aromatic heterocycles. The highest BCUT2D eigenvalue weighted by atomic mass is 14.1. The predicted molar refractivity (Wildman–Crippen MR) is 67.2 cm³/mol. The van der Waals surface area contributed by atoms with Gasteiger partial charge in [0.1, 0.15) is 0 Å². The molecule has 0 fully saturated rings. The Morgan fingerprint density at radius 1 is 0.812 bits per heavy atom. The second-order valence-electron chi connectivity index (χ2n) is 3.89. The van der Waals surface area contributed by atoms with Gasteiger partial charge < -0.3 is 0 Å². The van der Waals surface area contributed by atoms with E-state index in [0.29, 0.717) is 0 Å². The first-order chi connectivity index (χ1) is 7.86. The Balaban J connectivity index is 2.39. The van der Waals surface area contributed by atoms with Gasteiger partial charge >= 0.3 is 0 Å². The van der Waals surface area contributed by atoms with Crippen molar-refractivity contribution in [3.63, 3.8) is 0 Å². The lowest BCUT2D eigenvalue weighted by atomic mass is 10.0. The van der Waals surface area contributed by atoms with Gasteiger partial charge in [0.2, 0.25) is 0 Å². The van der Waals surface area contributed by atoms with Gasteiger partial charge in [-0.05, 0) is 33.2 Å². The standard InChI is InChI=1S/C16H11/c1-12-11-14-9-5-6-10-15(14)16(12)13-7-3-2-4-8-13/h2-10H,1H2. The van der Waals surface area contributed by atoms with Crippen molar-refractivity contribution < 1.29 is 0 Å². The van der Waals surface area contributed by atoms with Crippen LogP contribution in [0.3, 0.4) is 0 Å². The van der Waals surface area contributed by atoms with Crippen LogP contribution in [0.15, 0.2) is 66.7 Å². The normalized spacial score (nSPS) is 13.5. The molecule has 0 heterocycles. The quantitative estimate of drug-likeness (QED) is 0.666. The van der Waals surface area contributed by atoms with Crippen molar-refractivity contribution in [3.05, 3.63) is 82.8 Å². The second-order valence-corrected chi connectivity index (χ2v) is 3.89. The minimum absolute atomic E-state index is 0.979. The Labute approximate surface area is 94.9 Å². The zero-order valence-corrected chi connectivity index (χ0v) is 8.90. The third-order valence-corrected chi connectivity index (χ3v) is 2.85. The minimum Gasteiger partial charge on any atom is -0.0905 e. The van der Waals surface area contributed by atoms with Crippen molar-refractivity contribution in [1.29, 1.82) is 0 Å². The van der Waals surface area contributed by atoms with Gasteiger partial charge in [0.25, 0.3) is 0 Å². The lowest BCUT2D eigenvalue weighted by Gasteiger charge is -2.03. The highest BCUT2D eigenvalue weighted by Crippen LogP contribution is 2.21. The molecule has 2 aromatic rings. The summed E-state index contributed by atoms with van der Waals surface area (Å²) in [6.07, 6.45) is 3.31. The summed E-state index contributed by atoms with van der Waals surface area (Å²) in [6, 6.07) is 18.7. The van der Waals surface area contributed by atoms with Crippen molar-refractivity contribution in [2.24, 2.45) is 0 Å². The van der Waals surface area contributed by atoms with Crippen LogP contribution in [0.1, 0.15) is 5.56 Å². The van der Waals surface area contributed by atoms with Gasteiger partial charge in [0.05, 0.1) is 0 Å². The molecule has 2 aromatic carbocycles. The van der Waals surface area contributed by atoms with Gasteiger partial charge in [0, 0.05) is 0 Å². The number of allylic oxidation sites excluding steroid dienone is 1. The highest BCUT2D eigenvalue weighted by molar-refractivity contribution is 5.89. The Kier molecular flexibility index (Phi) is 2.00. The maximum Gasteiger partial charge on any atom is -0.00198 e. The first-order valence-electron chi connectivity index (χ1n) is 5.34. The molecule has 0 unspecified atom stereocenters. The van der Waals surface area contributed by atoms with E-state index in [4.69, 9.17) is 0 Å². The van der Waals surface area contributed by atoms with Gasteiger partial charge in [0.15, 0.2) is 0 Å². The molecule has 0 heteroatoms. The monoisotopic (exact) mass is 203 g/mol. The van der Waals surface area contributed by atoms with Crippen molar-refractivity contribution >= 4 is 11.6 Å². The van der Waals surface area contributed by atoms with E-state index < -0.39 is 0 Å². The number of hydrogen-bond acceptors (Lipinski definition) is 0. The average Bonchev–Trinajstić information content (AvgIpc) is 2.66. The summed E-state index contributed by atoms with van der Waals surface area (Å²) in [4.78, 5) is 0. The number of rotatable bonds is 1. The summed E-state index contributed by atoms with van der Waals surface area (Å²) < 4.78 is 0. The van der Waals surface area contributed by atoms with Crippen LogP contribution in [0.5, 0.6) is 0 Å². The average molecular weight is 203 g/mol. The van der Waals surface area contributed by atoms with Crippen molar-refractivity contribution in [1.82, 2.24) is 0 Å². The molecule has 0 bridgehead atoms. The molecule has 0 N–H and O–H groups in total. The van der Waals surface area contributed by atoms with E-state index in [1.54, 1.807) is 0 Å². The molecule has 0 amide bonds. The van der Waals surface area contributed by atoms with Crippen LogP contribution in [0.2, 0.25) is 0 Å². The van der Waals surface area contributed by atoms with Crippen LogP contribution in [0, 0.1) is 0 Å². The molecule has 1 aliphatic carbocycles. The Morgan fingerprint density at radius 2 is 1.50 bits per heavy atom. The Morgan fingerprint density at radius 3 is 2.31 bits per heavy atom. The third-order valence-electron chi connectivity index (χ3n) is 2.85. The number of hydrogen-bond donors (Lipinski definition) is 0. The van der Waals surface area contributed by atoms with Gasteiger partial charge in [-0.15, -0.1) is 0 Å². The molecule has 0 atom stereocenters. The summed E-state index contributed by atoms with van der Waals surface area (Å²) >= 11 is 0. The van der Waals surface area contributed by atoms with Crippen LogP contribution in [-0.4, -0.2) is 0 Å². The number of benzene rings is 2. The van der Waals surface area contributed by atoms with Crippen molar-refractivity contribution in [3.8, 4) is 0 Å². The van der Waals surface area contributed by atoms with Gasteiger partial charge in [-0.3, -0.25) is 0 Å². The molecule has 3 rings (SSSR count). The molecule has 0 saturated heterocycles. The summed E-state index contributed by atoms with van der Waals surface area (Å²) in [7, 11) is 0. The van der Waals surface area contributed by atoms with Crippen LogP contribution in [-0.2, 0) is 0 Å². The van der Waals surface area contributed by atoms with Crippen molar-refractivity contribution in [2.45, 2.75) is 0 Å². The van der Waals surface area contributed by atoms with Crippen LogP contribution in [0.25, 0.3) is 11.6 Å². The largest absolute Gasteiger partial charge is 0.0905 e. The molecule has 0 aliphatic heterocycles. The van der Waals surface area contributed by atoms with Gasteiger partial charge in [-0.2, -0.15) is 0 Å². The molecular weight excluding hydrogens is 192 g/mol. The van der Waals surface area contributed by atoms with Gasteiger partial charge in [-0.25, -0.2) is 0 Å². The molecule has 1 radical (unpaired) electrons. The molecule has 75 valence electrons. The van der Waals surface area contributed by atoms with E-state index in [9.17, 15) is 0 Å². The van der Waals surface area contributed by atoms with E-state index in [1.807, 2.05) is 12.1 Å². The highest BCUT2D eigenvalue weighted by Gasteiger charge is 2.10. The maximum absolute atomic E-state index is 4.08. The zero-order valence-electron chi connectivity index (χ0n) is 8.90. The van der Waals surface area contributed by atoms with E-state index in [0.717, 1.165) is 10.8 Å². The first kappa shape index (κ1) is 9.17. The second kappa shape index (κ2) is 3.49. The fourth-order valence-electron chi connectivity index (χ4n) is 2.13. The Bertz CT molecular complexity index is 661. The van der Waals surface area contributed by atoms with Gasteiger partial charge in [-0.1, -0.05) is 61.2 Å². The fraction of sp³-hybridized carbons (Fsp3) is 0. The minimum atomic E-state index is 0.979. The molecule has 0 saturated carbocycles. The molecule has 0 spiro atoms. The van der Waals surface area contributed by atoms with Crippen molar-refractivity contribution in [2.75, 3.05) is 0 Å². The van der Waals surface area contributed by atoms with Crippen LogP contribution in [0.4, 0.5) is 0 Å². The van der Waals surface area contributed by atoms with Crippen LogP contribution >= 0.6 is 0 Å². The summed E-state index contributed by atoms with van der Waals surface area (Å²) in [5, 5.41) is 2.38. The summed E-state index contributed by atoms with van der Waals surface area (Å²) in [5.41, 5.74) is 3.40. The lowest BCUT2D eigenvalue weighted by molar-refractivity contribution is 1.51. The zero-order chi connectivity index (χ0) is 11.0. The first-order valence-corrected chi connectivity index (χ1v) is 5.34. The molecule has 0 nitrogen and oxygen atoms in total. The number of fused-ring (bicyclic) bond motifs is 1. The van der Waals surface area contributed by atoms with Crippen LogP contribution < -0.4 is 10.4 Å². The van der Waals surface area contributed by atoms with E-state index in [-0.39, 0.29) is 0 Å². The van der Waals surface area contributed by atoms with E-state index >= 15 is 0 Å². The smallest absolute Gasteiger partial charge is 0.00198 e. The SMILES string of the molecule is C=C1[C]=c2ccccc2=C1c1ccccc1. The maximum atomic E-state index is 4.08. The molecular formula is C16H11. The third kappa shape index (κ3) is 1.31. The predicted octanol–water partition coefficient (Wildman–Crippen LogP) is 2.11. The topological polar surface area (TPSA) is 0 Å². The molecule has 1 aliphatic rings. The summed E-state index contributed by atoms with van der Waals surface area (Å²) in [6.45, 7) is 4.08. The Hall–Kier alpha value is -2.08. The van der Waals surface area contributed by atoms with E-state index in [1.165, 1.54) is 16.4 Å². The van der Waals surface area contributed by atoms with E-state index in [2.05, 4.69) is 55.1 Å². The molecule has 16 heavy (non-hydrogen) atoms.